The summed E-state index contributed by atoms with van der Waals surface area (Å²) in [5, 5.41) is 0.628. The smallest absolute Gasteiger partial charge is 0.179 e. The molecule has 4 heteroatoms. The SMILES string of the molecule is NC1(Cc2cc(Cl)c3c(c2)OCCCO3)CC1. The lowest BCUT2D eigenvalue weighted by atomic mass is 10.0. The number of hydrogen-bond donors (Lipinski definition) is 1. The summed E-state index contributed by atoms with van der Waals surface area (Å²) in [6, 6.07) is 3.96. The molecule has 1 heterocycles. The van der Waals surface area contributed by atoms with Crippen LogP contribution in [0, 0.1) is 0 Å². The Balaban J connectivity index is 1.91. The second-order valence-corrected chi connectivity index (χ2v) is 5.40. The first kappa shape index (κ1) is 11.2. The summed E-state index contributed by atoms with van der Waals surface area (Å²) in [5.74, 6) is 1.43. The summed E-state index contributed by atoms with van der Waals surface area (Å²) in [4.78, 5) is 0. The molecule has 0 aromatic heterocycles. The number of benzene rings is 1. The maximum Gasteiger partial charge on any atom is 0.179 e. The van der Waals surface area contributed by atoms with Crippen molar-refractivity contribution in [1.29, 1.82) is 0 Å². The van der Waals surface area contributed by atoms with E-state index in [-0.39, 0.29) is 5.54 Å². The van der Waals surface area contributed by atoms with E-state index >= 15 is 0 Å². The predicted molar refractivity (Wildman–Crippen MR) is 66.9 cm³/mol. The van der Waals surface area contributed by atoms with Crippen molar-refractivity contribution < 1.29 is 9.47 Å². The Bertz CT molecular complexity index is 443. The maximum absolute atomic E-state index is 6.22. The van der Waals surface area contributed by atoms with Crippen LogP contribution < -0.4 is 15.2 Å². The van der Waals surface area contributed by atoms with Crippen molar-refractivity contribution in [3.05, 3.63) is 22.7 Å². The molecule has 3 nitrogen and oxygen atoms in total. The van der Waals surface area contributed by atoms with Crippen LogP contribution in [-0.4, -0.2) is 18.8 Å². The van der Waals surface area contributed by atoms with E-state index in [2.05, 4.69) is 0 Å². The van der Waals surface area contributed by atoms with Crippen LogP contribution in [0.3, 0.4) is 0 Å². The van der Waals surface area contributed by atoms with Crippen LogP contribution >= 0.6 is 11.6 Å². The Labute approximate surface area is 106 Å². The second kappa shape index (κ2) is 4.07. The van der Waals surface area contributed by atoms with E-state index in [9.17, 15) is 0 Å². The van der Waals surface area contributed by atoms with Gasteiger partial charge in [0, 0.05) is 12.0 Å². The fourth-order valence-corrected chi connectivity index (χ4v) is 2.42. The van der Waals surface area contributed by atoms with Crippen molar-refractivity contribution in [1.82, 2.24) is 0 Å². The topological polar surface area (TPSA) is 44.5 Å². The quantitative estimate of drug-likeness (QED) is 0.881. The lowest BCUT2D eigenvalue weighted by molar-refractivity contribution is 0.297. The molecule has 1 aliphatic carbocycles. The van der Waals surface area contributed by atoms with Gasteiger partial charge in [-0.25, -0.2) is 0 Å². The Hall–Kier alpha value is -0.930. The Morgan fingerprint density at radius 3 is 2.76 bits per heavy atom. The van der Waals surface area contributed by atoms with Crippen LogP contribution in [0.15, 0.2) is 12.1 Å². The summed E-state index contributed by atoms with van der Waals surface area (Å²) in [7, 11) is 0. The molecule has 2 N–H and O–H groups in total. The molecule has 0 amide bonds. The molecule has 0 saturated heterocycles. The van der Waals surface area contributed by atoms with Crippen LogP contribution in [0.5, 0.6) is 11.5 Å². The van der Waals surface area contributed by atoms with Crippen LogP contribution in [0.4, 0.5) is 0 Å². The Morgan fingerprint density at radius 2 is 2.00 bits per heavy atom. The zero-order chi connectivity index (χ0) is 11.9. The summed E-state index contributed by atoms with van der Waals surface area (Å²) in [5.41, 5.74) is 7.25. The van der Waals surface area contributed by atoms with Gasteiger partial charge in [-0.2, -0.15) is 0 Å². The highest BCUT2D eigenvalue weighted by Gasteiger charge is 2.38. The molecule has 0 atom stereocenters. The van der Waals surface area contributed by atoms with Gasteiger partial charge >= 0.3 is 0 Å². The molecule has 1 aromatic carbocycles. The zero-order valence-corrected chi connectivity index (χ0v) is 10.4. The average molecular weight is 254 g/mol. The van der Waals surface area contributed by atoms with Gasteiger partial charge in [0.1, 0.15) is 0 Å². The third-order valence-corrected chi connectivity index (χ3v) is 3.59. The van der Waals surface area contributed by atoms with Crippen LogP contribution in [0.2, 0.25) is 5.02 Å². The van der Waals surface area contributed by atoms with Gasteiger partial charge in [-0.05, 0) is 37.0 Å². The van der Waals surface area contributed by atoms with Crippen LogP contribution in [-0.2, 0) is 6.42 Å². The highest BCUT2D eigenvalue weighted by Crippen LogP contribution is 2.41. The molecule has 2 aliphatic rings. The summed E-state index contributed by atoms with van der Waals surface area (Å²) >= 11 is 6.22. The number of halogens is 1. The van der Waals surface area contributed by atoms with Crippen molar-refractivity contribution in [3.8, 4) is 11.5 Å². The molecule has 92 valence electrons. The fourth-order valence-electron chi connectivity index (χ4n) is 2.13. The average Bonchev–Trinajstić information content (AvgIpc) is 3.02. The molecular weight excluding hydrogens is 238 g/mol. The Kier molecular flexibility index (Phi) is 2.68. The van der Waals surface area contributed by atoms with Crippen molar-refractivity contribution in [2.45, 2.75) is 31.2 Å². The molecule has 17 heavy (non-hydrogen) atoms. The highest BCUT2D eigenvalue weighted by atomic mass is 35.5. The van der Waals surface area contributed by atoms with E-state index in [0.29, 0.717) is 24.0 Å². The van der Waals surface area contributed by atoms with Gasteiger partial charge in [0.05, 0.1) is 18.2 Å². The van der Waals surface area contributed by atoms with Gasteiger partial charge in [-0.1, -0.05) is 11.6 Å². The first-order valence-electron chi connectivity index (χ1n) is 6.03. The highest BCUT2D eigenvalue weighted by molar-refractivity contribution is 6.32. The standard InChI is InChI=1S/C13H16ClNO2/c14-10-6-9(8-13(15)2-3-13)7-11-12(10)17-5-1-4-16-11/h6-7H,1-5,8,15H2. The molecule has 0 radical (unpaired) electrons. The minimum Gasteiger partial charge on any atom is -0.489 e. The van der Waals surface area contributed by atoms with Gasteiger partial charge in [0.2, 0.25) is 0 Å². The van der Waals surface area contributed by atoms with E-state index in [1.54, 1.807) is 0 Å². The predicted octanol–water partition coefficient (Wildman–Crippen LogP) is 2.54. The van der Waals surface area contributed by atoms with Crippen molar-refractivity contribution in [2.24, 2.45) is 5.73 Å². The second-order valence-electron chi connectivity index (χ2n) is 4.99. The lowest BCUT2D eigenvalue weighted by Gasteiger charge is -2.13. The van der Waals surface area contributed by atoms with Crippen molar-refractivity contribution in [2.75, 3.05) is 13.2 Å². The lowest BCUT2D eigenvalue weighted by Crippen LogP contribution is -2.24. The summed E-state index contributed by atoms with van der Waals surface area (Å²) < 4.78 is 11.2. The first-order chi connectivity index (χ1) is 8.16. The van der Waals surface area contributed by atoms with Crippen molar-refractivity contribution >= 4 is 11.6 Å². The van der Waals surface area contributed by atoms with E-state index in [0.717, 1.165) is 37.0 Å². The van der Waals surface area contributed by atoms with Gasteiger partial charge in [-0.15, -0.1) is 0 Å². The molecule has 1 aromatic rings. The molecule has 1 saturated carbocycles. The number of nitrogens with two attached hydrogens (primary N) is 1. The summed E-state index contributed by atoms with van der Waals surface area (Å²) in [6.45, 7) is 1.34. The molecule has 1 fully saturated rings. The largest absolute Gasteiger partial charge is 0.489 e. The number of fused-ring (bicyclic) bond motifs is 1. The molecule has 0 unspecified atom stereocenters. The minimum absolute atomic E-state index is 0.0108. The van der Waals surface area contributed by atoms with Crippen LogP contribution in [0.25, 0.3) is 0 Å². The van der Waals surface area contributed by atoms with Gasteiger partial charge < -0.3 is 15.2 Å². The van der Waals surface area contributed by atoms with E-state index < -0.39 is 0 Å². The van der Waals surface area contributed by atoms with Gasteiger partial charge in [0.25, 0.3) is 0 Å². The number of rotatable bonds is 2. The molecule has 0 spiro atoms. The number of ether oxygens (including phenoxy) is 2. The van der Waals surface area contributed by atoms with Crippen molar-refractivity contribution in [3.63, 3.8) is 0 Å². The Morgan fingerprint density at radius 1 is 1.24 bits per heavy atom. The first-order valence-corrected chi connectivity index (χ1v) is 6.41. The minimum atomic E-state index is -0.0108. The molecular formula is C13H16ClNO2. The molecule has 3 rings (SSSR count). The summed E-state index contributed by atoms with van der Waals surface area (Å²) in [6.07, 6.45) is 3.95. The van der Waals surface area contributed by atoms with E-state index in [1.165, 1.54) is 0 Å². The normalized spacial score (nSPS) is 20.8. The third-order valence-electron chi connectivity index (χ3n) is 3.31. The number of hydrogen-bond acceptors (Lipinski definition) is 3. The third kappa shape index (κ3) is 2.35. The van der Waals surface area contributed by atoms with Gasteiger partial charge in [-0.3, -0.25) is 0 Å². The molecule has 0 bridgehead atoms. The molecule has 1 aliphatic heterocycles. The van der Waals surface area contributed by atoms with Crippen LogP contribution in [0.1, 0.15) is 24.8 Å². The van der Waals surface area contributed by atoms with E-state index in [4.69, 9.17) is 26.8 Å². The zero-order valence-electron chi connectivity index (χ0n) is 9.67. The monoisotopic (exact) mass is 253 g/mol. The fraction of sp³-hybridized carbons (Fsp3) is 0.538. The van der Waals surface area contributed by atoms with E-state index in [1.807, 2.05) is 12.1 Å². The van der Waals surface area contributed by atoms with Gasteiger partial charge in [0.15, 0.2) is 11.5 Å². The maximum atomic E-state index is 6.22.